The van der Waals surface area contributed by atoms with Gasteiger partial charge in [0.25, 0.3) is 0 Å². The number of halogens is 1. The van der Waals surface area contributed by atoms with Gasteiger partial charge in [-0.15, -0.1) is 12.4 Å². The molecule has 0 amide bonds. The number of benzene rings is 3. The van der Waals surface area contributed by atoms with Crippen molar-refractivity contribution in [3.05, 3.63) is 77.4 Å². The fourth-order valence-electron chi connectivity index (χ4n) is 4.15. The Morgan fingerprint density at radius 3 is 2.72 bits per heavy atom. The molecule has 1 aliphatic carbocycles. The monoisotopic (exact) mass is 455 g/mol. The third-order valence-electron chi connectivity index (χ3n) is 5.83. The van der Waals surface area contributed by atoms with Gasteiger partial charge in [0.05, 0.1) is 12.7 Å². The van der Waals surface area contributed by atoms with E-state index in [1.54, 1.807) is 6.92 Å². The Morgan fingerprint density at radius 2 is 1.91 bits per heavy atom. The number of hydrogen-bond acceptors (Lipinski definition) is 5. The molecule has 3 aromatic carbocycles. The Balaban J connectivity index is 0.00000289. The van der Waals surface area contributed by atoms with Gasteiger partial charge in [-0.05, 0) is 71.8 Å². The van der Waals surface area contributed by atoms with Crippen LogP contribution in [0.2, 0.25) is 0 Å². The lowest BCUT2D eigenvalue weighted by Crippen LogP contribution is -2.37. The zero-order valence-corrected chi connectivity index (χ0v) is 19.1. The first-order valence-electron chi connectivity index (χ1n) is 10.9. The second-order valence-electron chi connectivity index (χ2n) is 7.99. The molecule has 0 fully saturated rings. The first-order valence-corrected chi connectivity index (χ1v) is 10.9. The van der Waals surface area contributed by atoms with Crippen LogP contribution in [0.4, 0.5) is 0 Å². The van der Waals surface area contributed by atoms with E-state index in [1.807, 2.05) is 30.3 Å². The van der Waals surface area contributed by atoms with Gasteiger partial charge in [0, 0.05) is 12.6 Å². The van der Waals surface area contributed by atoms with Crippen molar-refractivity contribution < 1.29 is 19.4 Å². The van der Waals surface area contributed by atoms with Crippen LogP contribution < -0.4 is 10.1 Å². The van der Waals surface area contributed by atoms with Crippen LogP contribution in [0.5, 0.6) is 5.75 Å². The number of esters is 1. The Kier molecular flexibility index (Phi) is 8.51. The normalized spacial score (nSPS) is 16.0. The molecule has 3 aromatic rings. The van der Waals surface area contributed by atoms with E-state index in [2.05, 4.69) is 35.6 Å². The van der Waals surface area contributed by atoms with Crippen molar-refractivity contribution in [1.82, 2.24) is 5.32 Å². The van der Waals surface area contributed by atoms with Crippen LogP contribution >= 0.6 is 12.4 Å². The molecule has 4 rings (SSSR count). The third-order valence-corrected chi connectivity index (χ3v) is 5.83. The van der Waals surface area contributed by atoms with E-state index in [0.717, 1.165) is 30.2 Å². The number of carbonyl (C=O) groups is 1. The maximum absolute atomic E-state index is 11.5. The third kappa shape index (κ3) is 6.00. The predicted octanol–water partition coefficient (Wildman–Crippen LogP) is 4.38. The van der Waals surface area contributed by atoms with Crippen molar-refractivity contribution in [3.8, 4) is 5.75 Å². The lowest BCUT2D eigenvalue weighted by molar-refractivity contribution is -0.145. The molecule has 6 heteroatoms. The average Bonchev–Trinajstić information content (AvgIpc) is 2.80. The van der Waals surface area contributed by atoms with Crippen molar-refractivity contribution in [2.24, 2.45) is 0 Å². The van der Waals surface area contributed by atoms with Crippen LogP contribution in [0.3, 0.4) is 0 Å². The molecule has 0 aliphatic heterocycles. The molecule has 32 heavy (non-hydrogen) atoms. The van der Waals surface area contributed by atoms with Gasteiger partial charge < -0.3 is 19.9 Å². The average molecular weight is 456 g/mol. The molecule has 0 saturated carbocycles. The lowest BCUT2D eigenvalue weighted by atomic mass is 9.88. The molecule has 1 aliphatic rings. The number of aliphatic hydroxyl groups excluding tert-OH is 1. The Bertz CT molecular complexity index is 1050. The zero-order valence-electron chi connectivity index (χ0n) is 18.3. The summed E-state index contributed by atoms with van der Waals surface area (Å²) in [5.74, 6) is 0.325. The van der Waals surface area contributed by atoms with E-state index in [4.69, 9.17) is 9.47 Å². The summed E-state index contributed by atoms with van der Waals surface area (Å²) in [7, 11) is 0. The maximum Gasteiger partial charge on any atom is 0.344 e. The van der Waals surface area contributed by atoms with Crippen LogP contribution in [0.15, 0.2) is 60.7 Å². The van der Waals surface area contributed by atoms with Crippen LogP contribution in [-0.4, -0.2) is 36.9 Å². The summed E-state index contributed by atoms with van der Waals surface area (Å²) < 4.78 is 10.5. The van der Waals surface area contributed by atoms with Gasteiger partial charge in [-0.1, -0.05) is 42.5 Å². The topological polar surface area (TPSA) is 67.8 Å². The second-order valence-corrected chi connectivity index (χ2v) is 7.99. The van der Waals surface area contributed by atoms with Crippen LogP contribution in [0.25, 0.3) is 10.8 Å². The fraction of sp³-hybridized carbons (Fsp3) is 0.346. The molecule has 5 nitrogen and oxygen atoms in total. The van der Waals surface area contributed by atoms with E-state index in [9.17, 15) is 9.90 Å². The molecule has 0 spiro atoms. The first kappa shape index (κ1) is 24.1. The van der Waals surface area contributed by atoms with Crippen molar-refractivity contribution >= 4 is 29.1 Å². The van der Waals surface area contributed by atoms with Gasteiger partial charge in [0.15, 0.2) is 6.61 Å². The smallest absolute Gasteiger partial charge is 0.344 e. The number of carbonyl (C=O) groups excluding carboxylic acids is 1. The molecule has 0 bridgehead atoms. The summed E-state index contributed by atoms with van der Waals surface area (Å²) in [5, 5.41) is 16.5. The number of aliphatic hydroxyl groups is 1. The van der Waals surface area contributed by atoms with E-state index in [0.29, 0.717) is 24.9 Å². The molecular weight excluding hydrogens is 426 g/mol. The summed E-state index contributed by atoms with van der Waals surface area (Å²) in [5.41, 5.74) is 3.47. The summed E-state index contributed by atoms with van der Waals surface area (Å²) >= 11 is 0. The van der Waals surface area contributed by atoms with E-state index in [-0.39, 0.29) is 25.0 Å². The van der Waals surface area contributed by atoms with Gasteiger partial charge >= 0.3 is 5.97 Å². The van der Waals surface area contributed by atoms with Crippen molar-refractivity contribution in [3.63, 3.8) is 0 Å². The highest BCUT2D eigenvalue weighted by Crippen LogP contribution is 2.26. The summed E-state index contributed by atoms with van der Waals surface area (Å²) in [4.78, 5) is 11.5. The Hall–Kier alpha value is -2.60. The SMILES string of the molecule is CCOC(=O)COc1ccc2c(c1)CC(NCC(O)c1ccc3ccccc3c1)CC2.Cl. The van der Waals surface area contributed by atoms with Gasteiger partial charge in [-0.25, -0.2) is 4.79 Å². The Labute approximate surface area is 195 Å². The Morgan fingerprint density at radius 1 is 1.09 bits per heavy atom. The van der Waals surface area contributed by atoms with E-state index < -0.39 is 6.10 Å². The van der Waals surface area contributed by atoms with Crippen molar-refractivity contribution in [2.45, 2.75) is 38.3 Å². The van der Waals surface area contributed by atoms with Gasteiger partial charge in [0.1, 0.15) is 5.75 Å². The summed E-state index contributed by atoms with van der Waals surface area (Å²) in [6.45, 7) is 2.56. The molecule has 2 N–H and O–H groups in total. The number of ether oxygens (including phenoxy) is 2. The highest BCUT2D eigenvalue weighted by atomic mass is 35.5. The molecule has 0 saturated heterocycles. The van der Waals surface area contributed by atoms with Crippen LogP contribution in [0.1, 0.15) is 36.1 Å². The summed E-state index contributed by atoms with van der Waals surface area (Å²) in [6.07, 6.45) is 2.33. The first-order chi connectivity index (χ1) is 15.1. The second kappa shape index (κ2) is 11.3. The van der Waals surface area contributed by atoms with Crippen molar-refractivity contribution in [1.29, 1.82) is 0 Å². The predicted molar refractivity (Wildman–Crippen MR) is 129 cm³/mol. The molecule has 0 radical (unpaired) electrons. The highest BCUT2D eigenvalue weighted by molar-refractivity contribution is 5.85. The largest absolute Gasteiger partial charge is 0.482 e. The van der Waals surface area contributed by atoms with Gasteiger partial charge in [-0.3, -0.25) is 0 Å². The number of aryl methyl sites for hydroxylation is 1. The zero-order chi connectivity index (χ0) is 21.6. The number of fused-ring (bicyclic) bond motifs is 2. The molecule has 0 heterocycles. The van der Waals surface area contributed by atoms with Gasteiger partial charge in [-0.2, -0.15) is 0 Å². The number of hydrogen-bond donors (Lipinski definition) is 2. The molecule has 2 atom stereocenters. The minimum absolute atomic E-state index is 0. The molecular formula is C26H30ClNO4. The molecule has 0 aromatic heterocycles. The van der Waals surface area contributed by atoms with Crippen molar-refractivity contribution in [2.75, 3.05) is 19.8 Å². The summed E-state index contributed by atoms with van der Waals surface area (Å²) in [6, 6.07) is 20.6. The van der Waals surface area contributed by atoms with Gasteiger partial charge in [0.2, 0.25) is 0 Å². The number of rotatable bonds is 8. The quantitative estimate of drug-likeness (QED) is 0.493. The minimum Gasteiger partial charge on any atom is -0.482 e. The maximum atomic E-state index is 11.5. The molecule has 2 unspecified atom stereocenters. The highest BCUT2D eigenvalue weighted by Gasteiger charge is 2.20. The van der Waals surface area contributed by atoms with E-state index in [1.165, 1.54) is 16.5 Å². The van der Waals surface area contributed by atoms with Crippen LogP contribution in [0, 0.1) is 0 Å². The fourth-order valence-corrected chi connectivity index (χ4v) is 4.15. The standard InChI is InChI=1S/C26H29NO4.ClH/c1-2-30-26(29)17-31-24-12-10-19-9-11-23(14-22(19)15-24)27-16-25(28)21-8-7-18-5-3-4-6-20(18)13-21;/h3-8,10,12-13,15,23,25,27-28H,2,9,11,14,16-17H2,1H3;1H. The van der Waals surface area contributed by atoms with E-state index >= 15 is 0 Å². The minimum atomic E-state index is -0.551. The van der Waals surface area contributed by atoms with Crippen LogP contribution in [-0.2, 0) is 22.4 Å². The number of nitrogens with one attached hydrogen (secondary N) is 1. The lowest BCUT2D eigenvalue weighted by Gasteiger charge is -2.27. The molecule has 170 valence electrons.